The van der Waals surface area contributed by atoms with Crippen molar-refractivity contribution in [2.75, 3.05) is 0 Å². The molecule has 0 spiro atoms. The van der Waals surface area contributed by atoms with E-state index in [1.807, 2.05) is 0 Å². The zero-order chi connectivity index (χ0) is 9.03. The number of alkyl halides is 3. The minimum atomic E-state index is -4.60. The maximum absolute atomic E-state index is 11.5. The predicted molar refractivity (Wildman–Crippen MR) is 35.2 cm³/mol. The number of quaternary nitrogens is 1. The van der Waals surface area contributed by atoms with E-state index in [1.165, 1.54) is 12.1 Å². The number of nitrogens with two attached hydrogens (primary N) is 1. The van der Waals surface area contributed by atoms with Gasteiger partial charge < -0.3 is 0 Å². The van der Waals surface area contributed by atoms with Crippen molar-refractivity contribution in [1.29, 1.82) is 0 Å². The van der Waals surface area contributed by atoms with E-state index >= 15 is 0 Å². The highest BCUT2D eigenvalue weighted by atomic mass is 19.4. The van der Waals surface area contributed by atoms with Crippen LogP contribution in [0, 0.1) is 0 Å². The zero-order valence-electron chi connectivity index (χ0n) is 6.01. The molecule has 0 bridgehead atoms. The van der Waals surface area contributed by atoms with Crippen molar-refractivity contribution in [3.05, 3.63) is 30.3 Å². The van der Waals surface area contributed by atoms with Gasteiger partial charge in [-0.2, -0.15) is 5.48 Å². The first kappa shape index (κ1) is 9.02. The molecule has 1 rings (SSSR count). The minimum Gasteiger partial charge on any atom is -0.159 e. The van der Waals surface area contributed by atoms with Crippen LogP contribution in [0.4, 0.5) is 18.9 Å². The molecule has 0 atom stereocenters. The molecule has 2 nitrogen and oxygen atoms in total. The monoisotopic (exact) mass is 178 g/mol. The summed E-state index contributed by atoms with van der Waals surface area (Å²) in [5.41, 5.74) is 1.05. The first-order valence-electron chi connectivity index (χ1n) is 3.21. The van der Waals surface area contributed by atoms with Crippen LogP contribution in [-0.4, -0.2) is 6.36 Å². The van der Waals surface area contributed by atoms with Gasteiger partial charge in [0.05, 0.1) is 0 Å². The Balaban J connectivity index is 2.44. The molecule has 1 aromatic rings. The molecule has 0 radical (unpaired) electrons. The largest absolute Gasteiger partial charge is 0.568 e. The summed E-state index contributed by atoms with van der Waals surface area (Å²) in [7, 11) is 0. The lowest BCUT2D eigenvalue weighted by atomic mass is 10.3. The lowest BCUT2D eigenvalue weighted by Crippen LogP contribution is -2.79. The zero-order valence-corrected chi connectivity index (χ0v) is 6.01. The van der Waals surface area contributed by atoms with Crippen molar-refractivity contribution in [2.45, 2.75) is 6.36 Å². The van der Waals surface area contributed by atoms with Gasteiger partial charge in [0, 0.05) is 12.1 Å². The Labute approximate surface area is 66.9 Å². The molecule has 66 valence electrons. The molecular formula is C7H7F3NO+. The molecular weight excluding hydrogens is 171 g/mol. The molecule has 0 amide bonds. The Morgan fingerprint density at radius 1 is 1.08 bits per heavy atom. The van der Waals surface area contributed by atoms with Crippen LogP contribution in [-0.2, 0) is 4.84 Å². The summed E-state index contributed by atoms with van der Waals surface area (Å²) in [4.78, 5) is 3.49. The third-order valence-corrected chi connectivity index (χ3v) is 1.13. The Bertz CT molecular complexity index is 234. The minimum absolute atomic E-state index is 0.384. The second-order valence-electron chi connectivity index (χ2n) is 2.09. The van der Waals surface area contributed by atoms with Crippen LogP contribution in [0.2, 0.25) is 0 Å². The number of benzene rings is 1. The molecule has 0 saturated carbocycles. The lowest BCUT2D eigenvalue weighted by molar-refractivity contribution is -0.884. The first-order chi connectivity index (χ1) is 5.58. The Hall–Kier alpha value is -1.07. The molecule has 12 heavy (non-hydrogen) atoms. The quantitative estimate of drug-likeness (QED) is 0.536. The molecule has 0 fully saturated rings. The molecule has 0 unspecified atom stereocenters. The van der Waals surface area contributed by atoms with Gasteiger partial charge in [-0.15, -0.1) is 13.2 Å². The first-order valence-corrected chi connectivity index (χ1v) is 3.21. The maximum atomic E-state index is 11.5. The molecule has 0 aromatic heterocycles. The van der Waals surface area contributed by atoms with Gasteiger partial charge in [-0.3, -0.25) is 0 Å². The third kappa shape index (κ3) is 3.36. The van der Waals surface area contributed by atoms with Crippen LogP contribution in [0.3, 0.4) is 0 Å². The highest BCUT2D eigenvalue weighted by molar-refractivity contribution is 5.26. The molecule has 0 heterocycles. The van der Waals surface area contributed by atoms with E-state index in [2.05, 4.69) is 4.84 Å². The number of rotatable bonds is 2. The highest BCUT2D eigenvalue weighted by Crippen LogP contribution is 2.12. The molecule has 5 heteroatoms. The molecule has 0 aliphatic heterocycles. The summed E-state index contributed by atoms with van der Waals surface area (Å²) < 4.78 is 34.5. The highest BCUT2D eigenvalue weighted by Gasteiger charge is 2.33. The van der Waals surface area contributed by atoms with Gasteiger partial charge in [0.1, 0.15) is 0 Å². The van der Waals surface area contributed by atoms with Crippen molar-refractivity contribution in [2.24, 2.45) is 0 Å². The standard InChI is InChI=1S/C7H6F3NO/c8-7(9,10)12-11-6-4-2-1-3-5-6/h1-5,11H/p+1. The smallest absolute Gasteiger partial charge is 0.159 e. The molecule has 2 N–H and O–H groups in total. The van der Waals surface area contributed by atoms with E-state index in [1.54, 1.807) is 18.2 Å². The van der Waals surface area contributed by atoms with E-state index in [0.717, 1.165) is 0 Å². The van der Waals surface area contributed by atoms with Gasteiger partial charge in [-0.25, -0.2) is 0 Å². The fourth-order valence-corrected chi connectivity index (χ4v) is 0.666. The van der Waals surface area contributed by atoms with Gasteiger partial charge in [0.25, 0.3) is 0 Å². The summed E-state index contributed by atoms with van der Waals surface area (Å²) in [6, 6.07) is 8.01. The van der Waals surface area contributed by atoms with E-state index in [4.69, 9.17) is 0 Å². The van der Waals surface area contributed by atoms with Gasteiger partial charge in [-0.1, -0.05) is 23.0 Å². The maximum Gasteiger partial charge on any atom is 0.568 e. The predicted octanol–water partition coefficient (Wildman–Crippen LogP) is 1.33. The topological polar surface area (TPSA) is 25.8 Å². The molecule has 1 aromatic carbocycles. The van der Waals surface area contributed by atoms with Crippen molar-refractivity contribution in [1.82, 2.24) is 0 Å². The fraction of sp³-hybridized carbons (Fsp3) is 0.143. The van der Waals surface area contributed by atoms with Crippen LogP contribution in [0.25, 0.3) is 0 Å². The van der Waals surface area contributed by atoms with E-state index < -0.39 is 6.36 Å². The van der Waals surface area contributed by atoms with Crippen LogP contribution in [0.15, 0.2) is 30.3 Å². The summed E-state index contributed by atoms with van der Waals surface area (Å²) in [5.74, 6) is 0. The summed E-state index contributed by atoms with van der Waals surface area (Å²) >= 11 is 0. The van der Waals surface area contributed by atoms with E-state index in [-0.39, 0.29) is 0 Å². The van der Waals surface area contributed by atoms with Crippen molar-refractivity contribution >= 4 is 5.69 Å². The number of hydrogen-bond acceptors (Lipinski definition) is 1. The average Bonchev–Trinajstić information content (AvgIpc) is 2.02. The second kappa shape index (κ2) is 3.55. The Morgan fingerprint density at radius 3 is 2.17 bits per heavy atom. The van der Waals surface area contributed by atoms with Crippen LogP contribution in [0.5, 0.6) is 0 Å². The third-order valence-electron chi connectivity index (χ3n) is 1.13. The lowest BCUT2D eigenvalue weighted by Gasteiger charge is -2.02. The normalized spacial score (nSPS) is 11.6. The second-order valence-corrected chi connectivity index (χ2v) is 2.09. The van der Waals surface area contributed by atoms with Crippen molar-refractivity contribution in [3.8, 4) is 0 Å². The van der Waals surface area contributed by atoms with Crippen LogP contribution < -0.4 is 5.48 Å². The van der Waals surface area contributed by atoms with Gasteiger partial charge >= 0.3 is 6.36 Å². The molecule has 0 aliphatic rings. The number of halogens is 3. The Morgan fingerprint density at radius 2 is 1.67 bits per heavy atom. The average molecular weight is 178 g/mol. The Kier molecular flexibility index (Phi) is 2.67. The summed E-state index contributed by atoms with van der Waals surface area (Å²) in [6.07, 6.45) is -4.60. The summed E-state index contributed by atoms with van der Waals surface area (Å²) in [6.45, 7) is 0. The van der Waals surface area contributed by atoms with E-state index in [0.29, 0.717) is 11.2 Å². The van der Waals surface area contributed by atoms with E-state index in [9.17, 15) is 13.2 Å². The summed E-state index contributed by atoms with van der Waals surface area (Å²) in [5, 5.41) is 0. The molecule has 0 aliphatic carbocycles. The fourth-order valence-electron chi connectivity index (χ4n) is 0.666. The number of hydrogen-bond donors (Lipinski definition) is 1. The van der Waals surface area contributed by atoms with Gasteiger partial charge in [-0.05, 0) is 0 Å². The van der Waals surface area contributed by atoms with Crippen molar-refractivity contribution in [3.63, 3.8) is 0 Å². The van der Waals surface area contributed by atoms with Crippen molar-refractivity contribution < 1.29 is 23.5 Å². The van der Waals surface area contributed by atoms with Gasteiger partial charge in [0.2, 0.25) is 0 Å². The molecule has 0 saturated heterocycles. The van der Waals surface area contributed by atoms with Crippen LogP contribution >= 0.6 is 0 Å². The van der Waals surface area contributed by atoms with Gasteiger partial charge in [0.15, 0.2) is 5.69 Å². The van der Waals surface area contributed by atoms with Crippen LogP contribution in [0.1, 0.15) is 0 Å². The SMILES string of the molecule is FC(F)(F)O[NH2+]c1ccccc1.